The molecule has 1 heterocycles. The lowest BCUT2D eigenvalue weighted by Gasteiger charge is -2.23. The van der Waals surface area contributed by atoms with E-state index in [1.54, 1.807) is 31.4 Å². The van der Waals surface area contributed by atoms with Crippen molar-refractivity contribution in [2.45, 2.75) is 13.0 Å². The Kier molecular flexibility index (Phi) is 7.67. The number of methoxy groups -OCH3 is 2. The topological polar surface area (TPSA) is 88.6 Å². The molecule has 2 N–H and O–H groups in total. The van der Waals surface area contributed by atoms with Crippen molar-refractivity contribution in [3.05, 3.63) is 66.1 Å². The highest BCUT2D eigenvalue weighted by molar-refractivity contribution is 6.06. The molecule has 0 saturated carbocycles. The molecule has 0 spiro atoms. The van der Waals surface area contributed by atoms with E-state index in [9.17, 15) is 18.0 Å². The lowest BCUT2D eigenvalue weighted by molar-refractivity contribution is 0.190. The summed E-state index contributed by atoms with van der Waals surface area (Å²) >= 11 is 0. The van der Waals surface area contributed by atoms with Gasteiger partial charge in [-0.15, -0.1) is 0 Å². The number of hydrogen-bond acceptors (Lipinski definition) is 6. The summed E-state index contributed by atoms with van der Waals surface area (Å²) in [7, 11) is 3.05. The SMILES string of the molecule is COC[C@H](C)Nc1nccc(N(C(=O)Nc2cc(F)cc(F)c2F)c2ccc(OC)cc2)n1. The van der Waals surface area contributed by atoms with E-state index in [2.05, 4.69) is 20.6 Å². The average Bonchev–Trinajstić information content (AvgIpc) is 2.78. The fourth-order valence-corrected chi connectivity index (χ4v) is 2.96. The van der Waals surface area contributed by atoms with Crippen LogP contribution in [0.1, 0.15) is 6.92 Å². The molecule has 0 unspecified atom stereocenters. The fraction of sp³-hybridized carbons (Fsp3) is 0.227. The van der Waals surface area contributed by atoms with Gasteiger partial charge in [0.1, 0.15) is 17.4 Å². The number of ether oxygens (including phenoxy) is 2. The summed E-state index contributed by atoms with van der Waals surface area (Å²) in [6.45, 7) is 2.25. The summed E-state index contributed by atoms with van der Waals surface area (Å²) in [5, 5.41) is 5.23. The van der Waals surface area contributed by atoms with Crippen molar-refractivity contribution in [3.8, 4) is 5.75 Å². The number of amides is 2. The highest BCUT2D eigenvalue weighted by Crippen LogP contribution is 2.28. The maximum atomic E-state index is 14.2. The van der Waals surface area contributed by atoms with Gasteiger partial charge in [0.05, 0.1) is 25.1 Å². The Morgan fingerprint density at radius 2 is 1.85 bits per heavy atom. The minimum atomic E-state index is -1.43. The van der Waals surface area contributed by atoms with Crippen LogP contribution in [0, 0.1) is 17.5 Å². The summed E-state index contributed by atoms with van der Waals surface area (Å²) in [4.78, 5) is 22.7. The van der Waals surface area contributed by atoms with Crippen LogP contribution in [0.4, 0.5) is 41.1 Å². The van der Waals surface area contributed by atoms with Crippen molar-refractivity contribution < 1.29 is 27.4 Å². The Hall–Kier alpha value is -3.86. The zero-order chi connectivity index (χ0) is 24.0. The number of benzene rings is 2. The van der Waals surface area contributed by atoms with E-state index in [0.717, 1.165) is 4.90 Å². The number of urea groups is 1. The highest BCUT2D eigenvalue weighted by atomic mass is 19.2. The quantitative estimate of drug-likeness (QED) is 0.472. The third-order valence-electron chi connectivity index (χ3n) is 4.43. The van der Waals surface area contributed by atoms with Gasteiger partial charge in [-0.05, 0) is 31.2 Å². The minimum absolute atomic E-state index is 0.122. The monoisotopic (exact) mass is 461 g/mol. The molecule has 1 atom stereocenters. The lowest BCUT2D eigenvalue weighted by Crippen LogP contribution is -2.32. The average molecular weight is 461 g/mol. The van der Waals surface area contributed by atoms with Crippen LogP contribution in [0.2, 0.25) is 0 Å². The van der Waals surface area contributed by atoms with E-state index in [4.69, 9.17) is 9.47 Å². The molecule has 0 saturated heterocycles. The van der Waals surface area contributed by atoms with Crippen LogP contribution in [0.25, 0.3) is 0 Å². The van der Waals surface area contributed by atoms with Gasteiger partial charge in [0.2, 0.25) is 5.95 Å². The Morgan fingerprint density at radius 1 is 1.12 bits per heavy atom. The Morgan fingerprint density at radius 3 is 2.52 bits per heavy atom. The van der Waals surface area contributed by atoms with E-state index < -0.39 is 29.2 Å². The standard InChI is InChI=1S/C22H22F3N5O3/c1-13(12-32-2)27-21-26-9-8-19(29-21)30(15-4-6-16(33-3)7-5-15)22(31)28-18-11-14(23)10-17(24)20(18)25/h4-11,13H,12H2,1-3H3,(H,28,31)(H,26,27,29)/t13-/m0/s1. The predicted octanol–water partition coefficient (Wildman–Crippen LogP) is 4.72. The third kappa shape index (κ3) is 5.89. The van der Waals surface area contributed by atoms with Gasteiger partial charge in [-0.3, -0.25) is 0 Å². The van der Waals surface area contributed by atoms with Crippen molar-refractivity contribution in [1.29, 1.82) is 0 Å². The van der Waals surface area contributed by atoms with Crippen LogP contribution in [0.15, 0.2) is 48.7 Å². The summed E-state index contributed by atoms with van der Waals surface area (Å²) in [5.74, 6) is -2.99. The van der Waals surface area contributed by atoms with Crippen molar-refractivity contribution in [2.75, 3.05) is 36.4 Å². The van der Waals surface area contributed by atoms with Crippen molar-refractivity contribution in [2.24, 2.45) is 0 Å². The van der Waals surface area contributed by atoms with Crippen LogP contribution < -0.4 is 20.3 Å². The summed E-state index contributed by atoms with van der Waals surface area (Å²) < 4.78 is 51.6. The minimum Gasteiger partial charge on any atom is -0.497 e. The highest BCUT2D eigenvalue weighted by Gasteiger charge is 2.23. The van der Waals surface area contributed by atoms with E-state index in [1.165, 1.54) is 19.4 Å². The molecule has 2 aromatic carbocycles. The predicted molar refractivity (Wildman–Crippen MR) is 117 cm³/mol. The summed E-state index contributed by atoms with van der Waals surface area (Å²) in [5.41, 5.74) is -0.322. The van der Waals surface area contributed by atoms with Crippen molar-refractivity contribution in [1.82, 2.24) is 9.97 Å². The molecule has 0 radical (unpaired) electrons. The van der Waals surface area contributed by atoms with Crippen LogP contribution in [0.5, 0.6) is 5.75 Å². The Labute approximate surface area is 188 Å². The molecule has 0 fully saturated rings. The van der Waals surface area contributed by atoms with Gasteiger partial charge in [0.15, 0.2) is 11.6 Å². The third-order valence-corrected chi connectivity index (χ3v) is 4.43. The number of nitrogens with one attached hydrogen (secondary N) is 2. The zero-order valence-corrected chi connectivity index (χ0v) is 18.1. The summed E-state index contributed by atoms with van der Waals surface area (Å²) in [6, 6.07) is 7.86. The van der Waals surface area contributed by atoms with Gasteiger partial charge in [-0.2, -0.15) is 4.98 Å². The second-order valence-electron chi connectivity index (χ2n) is 6.95. The van der Waals surface area contributed by atoms with Gasteiger partial charge < -0.3 is 20.1 Å². The molecular weight excluding hydrogens is 439 g/mol. The molecule has 8 nitrogen and oxygen atoms in total. The van der Waals surface area contributed by atoms with Crippen LogP contribution >= 0.6 is 0 Å². The van der Waals surface area contributed by atoms with E-state index >= 15 is 0 Å². The first-order chi connectivity index (χ1) is 15.8. The van der Waals surface area contributed by atoms with Crippen LogP contribution in [-0.2, 0) is 4.74 Å². The Bertz CT molecular complexity index is 1110. The van der Waals surface area contributed by atoms with Crippen LogP contribution in [-0.4, -0.2) is 42.9 Å². The van der Waals surface area contributed by atoms with E-state index in [1.807, 2.05) is 6.92 Å². The zero-order valence-electron chi connectivity index (χ0n) is 18.1. The van der Waals surface area contributed by atoms with Gasteiger partial charge in [0.25, 0.3) is 0 Å². The lowest BCUT2D eigenvalue weighted by atomic mass is 10.2. The normalized spacial score (nSPS) is 11.6. The van der Waals surface area contributed by atoms with Crippen molar-refractivity contribution in [3.63, 3.8) is 0 Å². The van der Waals surface area contributed by atoms with Crippen molar-refractivity contribution >= 4 is 29.2 Å². The molecule has 0 aliphatic heterocycles. The molecule has 11 heteroatoms. The smallest absolute Gasteiger partial charge is 0.332 e. The van der Waals surface area contributed by atoms with Gasteiger partial charge in [-0.25, -0.2) is 27.8 Å². The number of anilines is 4. The fourth-order valence-electron chi connectivity index (χ4n) is 2.96. The number of aromatic nitrogens is 2. The maximum Gasteiger partial charge on any atom is 0.332 e. The molecule has 33 heavy (non-hydrogen) atoms. The van der Waals surface area contributed by atoms with Gasteiger partial charge >= 0.3 is 6.03 Å². The molecular formula is C22H22F3N5O3. The maximum absolute atomic E-state index is 14.2. The number of halogens is 3. The molecule has 0 aliphatic rings. The molecule has 2 amide bonds. The first-order valence-electron chi connectivity index (χ1n) is 9.80. The number of carbonyl (C=O) groups excluding carboxylic acids is 1. The number of carbonyl (C=O) groups is 1. The van der Waals surface area contributed by atoms with E-state index in [0.29, 0.717) is 30.2 Å². The van der Waals surface area contributed by atoms with Crippen LogP contribution in [0.3, 0.4) is 0 Å². The number of hydrogen-bond donors (Lipinski definition) is 2. The molecule has 174 valence electrons. The molecule has 0 aliphatic carbocycles. The molecule has 3 aromatic rings. The second-order valence-corrected chi connectivity index (χ2v) is 6.95. The second kappa shape index (κ2) is 10.6. The molecule has 1 aromatic heterocycles. The first kappa shape index (κ1) is 23.8. The molecule has 3 rings (SSSR count). The number of rotatable bonds is 8. The number of nitrogens with zero attached hydrogens (tertiary/aromatic N) is 3. The molecule has 0 bridgehead atoms. The first-order valence-corrected chi connectivity index (χ1v) is 9.80. The van der Waals surface area contributed by atoms with E-state index in [-0.39, 0.29) is 17.8 Å². The van der Waals surface area contributed by atoms with Gasteiger partial charge in [-0.1, -0.05) is 0 Å². The van der Waals surface area contributed by atoms with Gasteiger partial charge in [0, 0.05) is 37.5 Å². The Balaban J connectivity index is 1.99. The summed E-state index contributed by atoms with van der Waals surface area (Å²) in [6.07, 6.45) is 1.43. The largest absolute Gasteiger partial charge is 0.497 e.